The first-order valence-electron chi connectivity index (χ1n) is 4.30. The summed E-state index contributed by atoms with van der Waals surface area (Å²) in [6.45, 7) is 9.24. The summed E-state index contributed by atoms with van der Waals surface area (Å²) in [5.74, 6) is 0. The van der Waals surface area contributed by atoms with Crippen LogP contribution >= 0.6 is 0 Å². The Kier molecular flexibility index (Phi) is 4.16. The number of carbonyl (C=O) groups is 1. The van der Waals surface area contributed by atoms with Gasteiger partial charge in [-0.3, -0.25) is 4.79 Å². The fourth-order valence-corrected chi connectivity index (χ4v) is 0.942. The van der Waals surface area contributed by atoms with Crippen LogP contribution in [-0.2, 0) is 4.79 Å². The SMILES string of the molecule is CCCN(C=O)C(C)(C)CC. The third-order valence-electron chi connectivity index (χ3n) is 2.23. The van der Waals surface area contributed by atoms with E-state index in [-0.39, 0.29) is 5.54 Å². The van der Waals surface area contributed by atoms with Crippen LogP contribution in [0.3, 0.4) is 0 Å². The Bertz CT molecular complexity index is 121. The van der Waals surface area contributed by atoms with Gasteiger partial charge in [-0.25, -0.2) is 0 Å². The fourth-order valence-electron chi connectivity index (χ4n) is 0.942. The molecular formula is C9H19NO. The largest absolute Gasteiger partial charge is 0.340 e. The first-order chi connectivity index (χ1) is 5.08. The van der Waals surface area contributed by atoms with Gasteiger partial charge in [-0.15, -0.1) is 0 Å². The number of amides is 1. The van der Waals surface area contributed by atoms with Gasteiger partial charge < -0.3 is 4.90 Å². The van der Waals surface area contributed by atoms with Gasteiger partial charge in [-0.1, -0.05) is 13.8 Å². The highest BCUT2D eigenvalue weighted by molar-refractivity contribution is 5.48. The van der Waals surface area contributed by atoms with E-state index >= 15 is 0 Å². The summed E-state index contributed by atoms with van der Waals surface area (Å²) >= 11 is 0. The van der Waals surface area contributed by atoms with Crippen LogP contribution in [0.2, 0.25) is 0 Å². The average Bonchev–Trinajstić information content (AvgIpc) is 2.00. The summed E-state index contributed by atoms with van der Waals surface area (Å²) < 4.78 is 0. The lowest BCUT2D eigenvalue weighted by atomic mass is 10.00. The number of rotatable bonds is 5. The molecule has 0 aromatic rings. The minimum absolute atomic E-state index is 0.0256. The van der Waals surface area contributed by atoms with Gasteiger partial charge in [0.05, 0.1) is 0 Å². The van der Waals surface area contributed by atoms with Crippen LogP contribution in [0.25, 0.3) is 0 Å². The number of hydrogen-bond donors (Lipinski definition) is 0. The Morgan fingerprint density at radius 3 is 2.18 bits per heavy atom. The van der Waals surface area contributed by atoms with Gasteiger partial charge in [-0.2, -0.15) is 0 Å². The van der Waals surface area contributed by atoms with Gasteiger partial charge in [0.2, 0.25) is 6.41 Å². The first kappa shape index (κ1) is 10.5. The van der Waals surface area contributed by atoms with E-state index in [2.05, 4.69) is 27.7 Å². The topological polar surface area (TPSA) is 20.3 Å². The third kappa shape index (κ3) is 2.91. The highest BCUT2D eigenvalue weighted by Crippen LogP contribution is 2.16. The monoisotopic (exact) mass is 157 g/mol. The molecule has 2 heteroatoms. The second kappa shape index (κ2) is 4.37. The van der Waals surface area contributed by atoms with Crippen molar-refractivity contribution in [1.29, 1.82) is 0 Å². The quantitative estimate of drug-likeness (QED) is 0.559. The van der Waals surface area contributed by atoms with E-state index in [1.54, 1.807) is 0 Å². The summed E-state index contributed by atoms with van der Waals surface area (Å²) in [4.78, 5) is 12.5. The molecule has 0 heterocycles. The molecule has 0 aromatic carbocycles. The molecule has 0 unspecified atom stereocenters. The van der Waals surface area contributed by atoms with Gasteiger partial charge in [0.1, 0.15) is 0 Å². The molecule has 66 valence electrons. The lowest BCUT2D eigenvalue weighted by Crippen LogP contribution is -2.42. The molecule has 1 amide bonds. The average molecular weight is 157 g/mol. The van der Waals surface area contributed by atoms with Crippen molar-refractivity contribution in [1.82, 2.24) is 4.90 Å². The van der Waals surface area contributed by atoms with Crippen LogP contribution < -0.4 is 0 Å². The summed E-state index contributed by atoms with van der Waals surface area (Å²) in [5, 5.41) is 0. The minimum atomic E-state index is 0.0256. The highest BCUT2D eigenvalue weighted by atomic mass is 16.1. The molecule has 0 bridgehead atoms. The number of carbonyl (C=O) groups excluding carboxylic acids is 1. The zero-order valence-corrected chi connectivity index (χ0v) is 8.05. The van der Waals surface area contributed by atoms with Crippen molar-refractivity contribution in [3.63, 3.8) is 0 Å². The van der Waals surface area contributed by atoms with Crippen LogP contribution in [0.15, 0.2) is 0 Å². The summed E-state index contributed by atoms with van der Waals surface area (Å²) in [5.41, 5.74) is 0.0256. The Balaban J connectivity index is 4.10. The summed E-state index contributed by atoms with van der Waals surface area (Å²) in [6, 6.07) is 0. The van der Waals surface area contributed by atoms with E-state index in [1.165, 1.54) is 0 Å². The van der Waals surface area contributed by atoms with Crippen molar-refractivity contribution in [3.05, 3.63) is 0 Å². The maximum Gasteiger partial charge on any atom is 0.210 e. The lowest BCUT2D eigenvalue weighted by Gasteiger charge is -2.34. The van der Waals surface area contributed by atoms with Crippen LogP contribution in [0.4, 0.5) is 0 Å². The van der Waals surface area contributed by atoms with E-state index in [0.717, 1.165) is 25.8 Å². The Morgan fingerprint density at radius 1 is 1.36 bits per heavy atom. The van der Waals surface area contributed by atoms with Crippen molar-refractivity contribution >= 4 is 6.41 Å². The van der Waals surface area contributed by atoms with Gasteiger partial charge >= 0.3 is 0 Å². The van der Waals surface area contributed by atoms with Gasteiger partial charge in [0, 0.05) is 12.1 Å². The Hall–Kier alpha value is -0.530. The normalized spacial score (nSPS) is 11.3. The molecule has 0 aliphatic heterocycles. The van der Waals surface area contributed by atoms with Crippen LogP contribution in [-0.4, -0.2) is 23.4 Å². The maximum atomic E-state index is 10.6. The highest BCUT2D eigenvalue weighted by Gasteiger charge is 2.21. The standard InChI is InChI=1S/C9H19NO/c1-5-7-10(8-11)9(3,4)6-2/h8H,5-7H2,1-4H3. The molecular weight excluding hydrogens is 138 g/mol. The minimum Gasteiger partial charge on any atom is -0.340 e. The Morgan fingerprint density at radius 2 is 1.91 bits per heavy atom. The van der Waals surface area contributed by atoms with Crippen molar-refractivity contribution in [2.24, 2.45) is 0 Å². The van der Waals surface area contributed by atoms with E-state index in [0.29, 0.717) is 0 Å². The van der Waals surface area contributed by atoms with Gasteiger partial charge in [-0.05, 0) is 26.7 Å². The van der Waals surface area contributed by atoms with E-state index in [1.807, 2.05) is 4.90 Å². The summed E-state index contributed by atoms with van der Waals surface area (Å²) in [6.07, 6.45) is 2.99. The van der Waals surface area contributed by atoms with Crippen molar-refractivity contribution < 1.29 is 4.79 Å². The maximum absolute atomic E-state index is 10.6. The third-order valence-corrected chi connectivity index (χ3v) is 2.23. The van der Waals surface area contributed by atoms with Crippen LogP contribution in [0, 0.1) is 0 Å². The van der Waals surface area contributed by atoms with Crippen molar-refractivity contribution in [2.75, 3.05) is 6.54 Å². The molecule has 0 rings (SSSR count). The molecule has 0 aliphatic rings. The molecule has 0 atom stereocenters. The van der Waals surface area contributed by atoms with Gasteiger partial charge in [0.25, 0.3) is 0 Å². The predicted molar refractivity (Wildman–Crippen MR) is 47.4 cm³/mol. The Labute approximate surface area is 69.6 Å². The molecule has 0 saturated heterocycles. The smallest absolute Gasteiger partial charge is 0.210 e. The zero-order chi connectivity index (χ0) is 8.91. The van der Waals surface area contributed by atoms with E-state index < -0.39 is 0 Å². The molecule has 0 spiro atoms. The molecule has 0 aromatic heterocycles. The molecule has 2 nitrogen and oxygen atoms in total. The lowest BCUT2D eigenvalue weighted by molar-refractivity contribution is -0.123. The molecule has 0 fully saturated rings. The van der Waals surface area contributed by atoms with Crippen molar-refractivity contribution in [2.45, 2.75) is 46.1 Å². The molecule has 11 heavy (non-hydrogen) atoms. The van der Waals surface area contributed by atoms with Crippen LogP contribution in [0.1, 0.15) is 40.5 Å². The molecule has 0 radical (unpaired) electrons. The van der Waals surface area contributed by atoms with E-state index in [9.17, 15) is 4.79 Å². The van der Waals surface area contributed by atoms with Gasteiger partial charge in [0.15, 0.2) is 0 Å². The zero-order valence-electron chi connectivity index (χ0n) is 8.05. The van der Waals surface area contributed by atoms with Crippen molar-refractivity contribution in [3.8, 4) is 0 Å². The summed E-state index contributed by atoms with van der Waals surface area (Å²) in [7, 11) is 0. The molecule has 0 N–H and O–H groups in total. The predicted octanol–water partition coefficient (Wildman–Crippen LogP) is 2.04. The molecule has 0 aliphatic carbocycles. The number of hydrogen-bond acceptors (Lipinski definition) is 1. The second-order valence-corrected chi connectivity index (χ2v) is 3.46. The number of nitrogens with zero attached hydrogens (tertiary/aromatic N) is 1. The van der Waals surface area contributed by atoms with Crippen LogP contribution in [0.5, 0.6) is 0 Å². The first-order valence-corrected chi connectivity index (χ1v) is 4.30. The fraction of sp³-hybridized carbons (Fsp3) is 0.889. The molecule has 0 saturated carbocycles. The van der Waals surface area contributed by atoms with E-state index in [4.69, 9.17) is 0 Å². The second-order valence-electron chi connectivity index (χ2n) is 3.46.